The van der Waals surface area contributed by atoms with Gasteiger partial charge >= 0.3 is 6.03 Å². The Kier molecular flexibility index (Phi) is 5.62. The Morgan fingerprint density at radius 3 is 2.36 bits per heavy atom. The summed E-state index contributed by atoms with van der Waals surface area (Å²) < 4.78 is 26.4. The van der Waals surface area contributed by atoms with E-state index in [0.717, 1.165) is 24.1 Å². The minimum Gasteiger partial charge on any atom is -0.323 e. The predicted molar refractivity (Wildman–Crippen MR) is 125 cm³/mol. The van der Waals surface area contributed by atoms with E-state index >= 15 is 0 Å². The highest BCUT2D eigenvalue weighted by molar-refractivity contribution is 7.90. The largest absolute Gasteiger partial charge is 0.323 e. The fraction of sp³-hybridized carbons (Fsp3) is 0.348. The van der Waals surface area contributed by atoms with Gasteiger partial charge in [0.2, 0.25) is 0 Å². The van der Waals surface area contributed by atoms with E-state index in [1.807, 2.05) is 38.6 Å². The van der Waals surface area contributed by atoms with Crippen LogP contribution in [0.4, 0.5) is 4.79 Å². The van der Waals surface area contributed by atoms with Gasteiger partial charge in [0, 0.05) is 48.9 Å². The predicted octanol–water partition coefficient (Wildman–Crippen LogP) is 3.47. The number of benzene rings is 2. The van der Waals surface area contributed by atoms with Gasteiger partial charge in [0.1, 0.15) is 12.7 Å². The summed E-state index contributed by atoms with van der Waals surface area (Å²) in [7, 11) is -3.41. The number of nitrogens with zero attached hydrogens (tertiary/aromatic N) is 5. The SMILES string of the molecule is CS(=O)(=O)c1cc(Cl)ccc1-c1ccc(C2CN(C(=O)N3CC[C@H](n4cnnc4)C3)C2)cc1. The molecule has 5 rings (SSSR count). The zero-order valence-electron chi connectivity index (χ0n) is 18.1. The highest BCUT2D eigenvalue weighted by Gasteiger charge is 2.37. The molecule has 8 nitrogen and oxygen atoms in total. The fourth-order valence-electron chi connectivity index (χ4n) is 4.58. The number of aromatic nitrogens is 3. The Morgan fingerprint density at radius 2 is 1.70 bits per heavy atom. The Bertz CT molecular complexity index is 1270. The van der Waals surface area contributed by atoms with Gasteiger partial charge in [0.25, 0.3) is 0 Å². The highest BCUT2D eigenvalue weighted by atomic mass is 35.5. The van der Waals surface area contributed by atoms with Crippen LogP contribution in [0.15, 0.2) is 60.0 Å². The molecule has 0 saturated carbocycles. The third kappa shape index (κ3) is 4.35. The first kappa shape index (κ1) is 21.9. The van der Waals surface area contributed by atoms with Crippen molar-refractivity contribution in [1.29, 1.82) is 0 Å². The van der Waals surface area contributed by atoms with E-state index in [1.165, 1.54) is 12.3 Å². The Morgan fingerprint density at radius 1 is 1.00 bits per heavy atom. The van der Waals surface area contributed by atoms with Crippen LogP contribution >= 0.6 is 11.6 Å². The molecule has 1 atom stereocenters. The van der Waals surface area contributed by atoms with Gasteiger partial charge in [-0.3, -0.25) is 0 Å². The summed E-state index contributed by atoms with van der Waals surface area (Å²) in [4.78, 5) is 16.9. The smallest absolute Gasteiger partial charge is 0.320 e. The van der Waals surface area contributed by atoms with Crippen molar-refractivity contribution < 1.29 is 13.2 Å². The molecule has 0 radical (unpaired) electrons. The van der Waals surface area contributed by atoms with Gasteiger partial charge in [-0.25, -0.2) is 13.2 Å². The van der Waals surface area contributed by atoms with Gasteiger partial charge in [-0.05, 0) is 29.7 Å². The fourth-order valence-corrected chi connectivity index (χ4v) is 5.74. The number of sulfone groups is 1. The number of amides is 2. The number of likely N-dealkylation sites (tertiary alicyclic amines) is 2. The average Bonchev–Trinajstić information content (AvgIpc) is 3.44. The number of urea groups is 1. The molecule has 2 saturated heterocycles. The molecule has 2 aromatic carbocycles. The Hall–Kier alpha value is -2.91. The zero-order valence-corrected chi connectivity index (χ0v) is 19.7. The van der Waals surface area contributed by atoms with E-state index in [9.17, 15) is 13.2 Å². The highest BCUT2D eigenvalue weighted by Crippen LogP contribution is 2.34. The molecule has 2 aliphatic rings. The number of halogens is 1. The average molecular weight is 486 g/mol. The third-order valence-electron chi connectivity index (χ3n) is 6.48. The number of rotatable bonds is 4. The molecule has 2 amide bonds. The van der Waals surface area contributed by atoms with Gasteiger partial charge in [-0.2, -0.15) is 0 Å². The zero-order chi connectivity index (χ0) is 23.2. The van der Waals surface area contributed by atoms with Gasteiger partial charge in [-0.1, -0.05) is 41.9 Å². The number of hydrogen-bond donors (Lipinski definition) is 0. The second-order valence-electron chi connectivity index (χ2n) is 8.72. The second-order valence-corrected chi connectivity index (χ2v) is 11.1. The van der Waals surface area contributed by atoms with Crippen molar-refractivity contribution in [2.24, 2.45) is 0 Å². The van der Waals surface area contributed by atoms with E-state index in [1.54, 1.807) is 24.8 Å². The lowest BCUT2D eigenvalue weighted by Gasteiger charge is -2.41. The molecule has 0 N–H and O–H groups in total. The molecular formula is C23H24ClN5O3S. The molecule has 2 fully saturated rings. The minimum absolute atomic E-state index is 0.0809. The molecule has 10 heteroatoms. The minimum atomic E-state index is -3.41. The molecule has 33 heavy (non-hydrogen) atoms. The van der Waals surface area contributed by atoms with Gasteiger partial charge in [-0.15, -0.1) is 10.2 Å². The molecule has 0 unspecified atom stereocenters. The monoisotopic (exact) mass is 485 g/mol. The first-order chi connectivity index (χ1) is 15.8. The molecular weight excluding hydrogens is 462 g/mol. The lowest BCUT2D eigenvalue weighted by atomic mass is 9.90. The van der Waals surface area contributed by atoms with Crippen LogP contribution in [-0.2, 0) is 9.84 Å². The van der Waals surface area contributed by atoms with E-state index in [0.29, 0.717) is 30.2 Å². The maximum absolute atomic E-state index is 12.9. The standard InChI is InChI=1S/C23H24ClN5O3S/c1-33(31,32)22-10-19(24)6-7-21(22)17-4-2-16(3-5-17)18-11-28(12-18)23(30)27-9-8-20(13-27)29-14-25-26-15-29/h2-7,10,14-15,18,20H,8-9,11-13H2,1H3/t20-/m0/s1. The van der Waals surface area contributed by atoms with Gasteiger partial charge < -0.3 is 14.4 Å². The summed E-state index contributed by atoms with van der Waals surface area (Å²) in [6, 6.07) is 13.1. The lowest BCUT2D eigenvalue weighted by molar-refractivity contribution is 0.120. The number of carbonyl (C=O) groups is 1. The van der Waals surface area contributed by atoms with Crippen molar-refractivity contribution in [1.82, 2.24) is 24.6 Å². The van der Waals surface area contributed by atoms with Crippen LogP contribution < -0.4 is 0 Å². The maximum atomic E-state index is 12.9. The van der Waals surface area contributed by atoms with Crippen molar-refractivity contribution in [3.05, 3.63) is 65.7 Å². The summed E-state index contributed by atoms with van der Waals surface area (Å²) in [6.45, 7) is 2.78. The molecule has 172 valence electrons. The van der Waals surface area contributed by atoms with Gasteiger partial charge in [0.05, 0.1) is 10.9 Å². The number of hydrogen-bond acceptors (Lipinski definition) is 5. The maximum Gasteiger partial charge on any atom is 0.320 e. The first-order valence-corrected chi connectivity index (χ1v) is 13.0. The van der Waals surface area contributed by atoms with Crippen LogP contribution in [0.1, 0.15) is 23.9 Å². The van der Waals surface area contributed by atoms with Crippen LogP contribution in [0, 0.1) is 0 Å². The second kappa shape index (κ2) is 8.46. The molecule has 0 aliphatic carbocycles. The summed E-state index contributed by atoms with van der Waals surface area (Å²) in [5, 5.41) is 8.09. The molecule has 3 heterocycles. The molecule has 3 aromatic rings. The quantitative estimate of drug-likeness (QED) is 0.564. The first-order valence-electron chi connectivity index (χ1n) is 10.8. The normalized spacial score (nSPS) is 19.0. The van der Waals surface area contributed by atoms with Crippen molar-refractivity contribution in [2.45, 2.75) is 23.3 Å². The van der Waals surface area contributed by atoms with Crippen LogP contribution in [0.2, 0.25) is 5.02 Å². The van der Waals surface area contributed by atoms with Crippen LogP contribution in [0.25, 0.3) is 11.1 Å². The summed E-state index contributed by atoms with van der Waals surface area (Å²) in [5.74, 6) is 0.277. The van der Waals surface area contributed by atoms with Crippen molar-refractivity contribution in [2.75, 3.05) is 32.4 Å². The number of carbonyl (C=O) groups excluding carboxylic acids is 1. The topological polar surface area (TPSA) is 88.4 Å². The van der Waals surface area contributed by atoms with Gasteiger partial charge in [0.15, 0.2) is 9.84 Å². The van der Waals surface area contributed by atoms with Crippen LogP contribution in [0.3, 0.4) is 0 Å². The summed E-state index contributed by atoms with van der Waals surface area (Å²) in [5.41, 5.74) is 2.59. The lowest BCUT2D eigenvalue weighted by Crippen LogP contribution is -2.53. The van der Waals surface area contributed by atoms with E-state index in [4.69, 9.17) is 11.6 Å². The Balaban J connectivity index is 1.22. The molecule has 1 aromatic heterocycles. The van der Waals surface area contributed by atoms with E-state index < -0.39 is 9.84 Å². The Labute approximate surface area is 197 Å². The summed E-state index contributed by atoms with van der Waals surface area (Å²) in [6.07, 6.45) is 5.49. The molecule has 0 spiro atoms. The van der Waals surface area contributed by atoms with Crippen LogP contribution in [-0.4, -0.2) is 71.4 Å². The van der Waals surface area contributed by atoms with E-state index in [-0.39, 0.29) is 22.9 Å². The van der Waals surface area contributed by atoms with Crippen molar-refractivity contribution in [3.8, 4) is 11.1 Å². The molecule has 2 aliphatic heterocycles. The third-order valence-corrected chi connectivity index (χ3v) is 7.85. The molecule has 0 bridgehead atoms. The van der Waals surface area contributed by atoms with Crippen molar-refractivity contribution in [3.63, 3.8) is 0 Å². The van der Waals surface area contributed by atoms with Crippen LogP contribution in [0.5, 0.6) is 0 Å². The summed E-state index contributed by atoms with van der Waals surface area (Å²) >= 11 is 6.02. The van der Waals surface area contributed by atoms with Crippen molar-refractivity contribution >= 4 is 27.5 Å². The van der Waals surface area contributed by atoms with E-state index in [2.05, 4.69) is 10.2 Å².